The quantitative estimate of drug-likeness (QED) is 0.532. The van der Waals surface area contributed by atoms with Gasteiger partial charge in [-0.1, -0.05) is 36.4 Å². The minimum atomic E-state index is -0.618. The van der Waals surface area contributed by atoms with Crippen LogP contribution in [0.25, 0.3) is 0 Å². The number of benzene rings is 2. The van der Waals surface area contributed by atoms with Gasteiger partial charge < -0.3 is 0 Å². The summed E-state index contributed by atoms with van der Waals surface area (Å²) in [4.78, 5) is 22.2. The van der Waals surface area contributed by atoms with E-state index in [0.717, 1.165) is 11.1 Å². The Morgan fingerprint density at radius 2 is 1.86 bits per heavy atom. The largest absolute Gasteiger partial charge is 0.282 e. The van der Waals surface area contributed by atoms with Gasteiger partial charge >= 0.3 is 0 Å². The SMILES string of the molecule is Cc1ccccc1/C=N/NC(=O)c1ccccc1[N+](=O)[O-]. The first kappa shape index (κ1) is 14.4. The van der Waals surface area contributed by atoms with E-state index in [1.165, 1.54) is 24.4 Å². The standard InChI is InChI=1S/C15H13N3O3/c1-11-6-2-3-7-12(11)10-16-17-15(19)13-8-4-5-9-14(13)18(20)21/h2-10H,1H3,(H,17,19)/b16-10+. The number of nitro groups is 1. The molecule has 0 unspecified atom stereocenters. The molecule has 0 aliphatic carbocycles. The number of nitrogens with zero attached hydrogens (tertiary/aromatic N) is 2. The maximum Gasteiger partial charge on any atom is 0.282 e. The van der Waals surface area contributed by atoms with Crippen molar-refractivity contribution in [1.29, 1.82) is 0 Å². The zero-order valence-corrected chi connectivity index (χ0v) is 11.3. The highest BCUT2D eigenvalue weighted by atomic mass is 16.6. The molecule has 1 N–H and O–H groups in total. The minimum Gasteiger partial charge on any atom is -0.267 e. The second-order valence-electron chi connectivity index (χ2n) is 4.33. The minimum absolute atomic E-state index is 0.0237. The number of amides is 1. The van der Waals surface area contributed by atoms with E-state index >= 15 is 0 Å². The van der Waals surface area contributed by atoms with Crippen LogP contribution in [0.5, 0.6) is 0 Å². The van der Waals surface area contributed by atoms with E-state index in [9.17, 15) is 14.9 Å². The topological polar surface area (TPSA) is 84.6 Å². The summed E-state index contributed by atoms with van der Waals surface area (Å²) >= 11 is 0. The lowest BCUT2D eigenvalue weighted by Gasteiger charge is -2.01. The molecular weight excluding hydrogens is 270 g/mol. The molecule has 2 rings (SSSR count). The Labute approximate surface area is 121 Å². The summed E-state index contributed by atoms with van der Waals surface area (Å²) in [6, 6.07) is 13.3. The normalized spacial score (nSPS) is 10.5. The van der Waals surface area contributed by atoms with Crippen molar-refractivity contribution in [3.63, 3.8) is 0 Å². The fraction of sp³-hybridized carbons (Fsp3) is 0.0667. The van der Waals surface area contributed by atoms with Gasteiger partial charge in [-0.3, -0.25) is 14.9 Å². The summed E-state index contributed by atoms with van der Waals surface area (Å²) in [7, 11) is 0. The number of hydrogen-bond acceptors (Lipinski definition) is 4. The molecule has 0 heterocycles. The molecule has 0 saturated carbocycles. The Balaban J connectivity index is 2.13. The molecule has 0 aromatic heterocycles. The maximum absolute atomic E-state index is 11.9. The molecule has 21 heavy (non-hydrogen) atoms. The molecule has 0 bridgehead atoms. The van der Waals surface area contributed by atoms with Crippen molar-refractivity contribution in [3.8, 4) is 0 Å². The number of nitro benzene ring substituents is 1. The van der Waals surface area contributed by atoms with E-state index in [0.29, 0.717) is 0 Å². The Kier molecular flexibility index (Phi) is 4.40. The van der Waals surface area contributed by atoms with E-state index in [1.807, 2.05) is 31.2 Å². The van der Waals surface area contributed by atoms with Gasteiger partial charge in [0, 0.05) is 6.07 Å². The average Bonchev–Trinajstić information content (AvgIpc) is 2.49. The molecule has 1 amide bonds. The zero-order chi connectivity index (χ0) is 15.2. The summed E-state index contributed by atoms with van der Waals surface area (Å²) in [5, 5.41) is 14.7. The maximum atomic E-state index is 11.9. The molecule has 0 aliphatic heterocycles. The third kappa shape index (κ3) is 3.50. The molecule has 0 fully saturated rings. The lowest BCUT2D eigenvalue weighted by molar-refractivity contribution is -0.385. The Bertz CT molecular complexity index is 711. The first-order valence-corrected chi connectivity index (χ1v) is 6.22. The van der Waals surface area contributed by atoms with Crippen LogP contribution in [-0.2, 0) is 0 Å². The number of carbonyl (C=O) groups is 1. The lowest BCUT2D eigenvalue weighted by atomic mass is 10.1. The van der Waals surface area contributed by atoms with Crippen LogP contribution in [0.1, 0.15) is 21.5 Å². The molecular formula is C15H13N3O3. The van der Waals surface area contributed by atoms with Crippen LogP contribution in [0.2, 0.25) is 0 Å². The van der Waals surface area contributed by atoms with Crippen molar-refractivity contribution in [2.75, 3.05) is 0 Å². The number of nitrogens with one attached hydrogen (secondary N) is 1. The molecule has 0 saturated heterocycles. The first-order chi connectivity index (χ1) is 10.1. The second kappa shape index (κ2) is 6.42. The summed E-state index contributed by atoms with van der Waals surface area (Å²) in [5.74, 6) is -0.618. The highest BCUT2D eigenvalue weighted by molar-refractivity contribution is 5.98. The molecule has 2 aromatic rings. The van der Waals surface area contributed by atoms with E-state index < -0.39 is 10.8 Å². The van der Waals surface area contributed by atoms with Crippen molar-refractivity contribution in [2.24, 2.45) is 5.10 Å². The highest BCUT2D eigenvalue weighted by Crippen LogP contribution is 2.17. The van der Waals surface area contributed by atoms with Crippen molar-refractivity contribution >= 4 is 17.8 Å². The summed E-state index contributed by atoms with van der Waals surface area (Å²) in [5.41, 5.74) is 3.90. The van der Waals surface area contributed by atoms with Crippen LogP contribution in [0.15, 0.2) is 53.6 Å². The molecule has 0 atom stereocenters. The van der Waals surface area contributed by atoms with Gasteiger partial charge in [0.25, 0.3) is 11.6 Å². The van der Waals surface area contributed by atoms with Crippen molar-refractivity contribution in [1.82, 2.24) is 5.43 Å². The van der Waals surface area contributed by atoms with Crippen molar-refractivity contribution < 1.29 is 9.72 Å². The monoisotopic (exact) mass is 283 g/mol. The zero-order valence-electron chi connectivity index (χ0n) is 11.3. The van der Waals surface area contributed by atoms with Gasteiger partial charge in [0.05, 0.1) is 11.1 Å². The van der Waals surface area contributed by atoms with Gasteiger partial charge in [-0.05, 0) is 24.1 Å². The lowest BCUT2D eigenvalue weighted by Crippen LogP contribution is -2.19. The highest BCUT2D eigenvalue weighted by Gasteiger charge is 2.18. The van der Waals surface area contributed by atoms with Crippen LogP contribution in [-0.4, -0.2) is 17.0 Å². The van der Waals surface area contributed by atoms with Gasteiger partial charge in [-0.25, -0.2) is 5.43 Å². The number of aryl methyl sites for hydroxylation is 1. The Morgan fingerprint density at radius 1 is 1.19 bits per heavy atom. The van der Waals surface area contributed by atoms with Crippen LogP contribution < -0.4 is 5.43 Å². The first-order valence-electron chi connectivity index (χ1n) is 6.22. The van der Waals surface area contributed by atoms with E-state index in [2.05, 4.69) is 10.5 Å². The third-order valence-electron chi connectivity index (χ3n) is 2.90. The second-order valence-corrected chi connectivity index (χ2v) is 4.33. The molecule has 2 aromatic carbocycles. The van der Waals surface area contributed by atoms with Crippen LogP contribution >= 0.6 is 0 Å². The van der Waals surface area contributed by atoms with Gasteiger partial charge in [0.1, 0.15) is 5.56 Å². The summed E-state index contributed by atoms with van der Waals surface area (Å²) in [6.07, 6.45) is 1.50. The summed E-state index contributed by atoms with van der Waals surface area (Å²) < 4.78 is 0. The number of hydrogen-bond donors (Lipinski definition) is 1. The molecule has 0 spiro atoms. The van der Waals surface area contributed by atoms with E-state index in [1.54, 1.807) is 6.07 Å². The fourth-order valence-electron chi connectivity index (χ4n) is 1.78. The number of hydrazone groups is 1. The molecule has 0 aliphatic rings. The summed E-state index contributed by atoms with van der Waals surface area (Å²) in [6.45, 7) is 1.92. The molecule has 106 valence electrons. The van der Waals surface area contributed by atoms with E-state index in [-0.39, 0.29) is 11.3 Å². The number of carbonyl (C=O) groups excluding carboxylic acids is 1. The third-order valence-corrected chi connectivity index (χ3v) is 2.90. The number of para-hydroxylation sites is 1. The Hall–Kier alpha value is -3.02. The van der Waals surface area contributed by atoms with E-state index in [4.69, 9.17) is 0 Å². The van der Waals surface area contributed by atoms with Crippen LogP contribution in [0.4, 0.5) is 5.69 Å². The van der Waals surface area contributed by atoms with Crippen molar-refractivity contribution in [3.05, 3.63) is 75.3 Å². The Morgan fingerprint density at radius 3 is 2.57 bits per heavy atom. The van der Waals surface area contributed by atoms with Gasteiger partial charge in [-0.2, -0.15) is 5.10 Å². The average molecular weight is 283 g/mol. The molecule has 6 nitrogen and oxygen atoms in total. The van der Waals surface area contributed by atoms with Crippen LogP contribution in [0, 0.1) is 17.0 Å². The predicted octanol–water partition coefficient (Wildman–Crippen LogP) is 2.67. The van der Waals surface area contributed by atoms with Crippen LogP contribution in [0.3, 0.4) is 0 Å². The molecule has 6 heteroatoms. The fourth-order valence-corrected chi connectivity index (χ4v) is 1.78. The molecule has 0 radical (unpaired) electrons. The number of rotatable bonds is 4. The van der Waals surface area contributed by atoms with Crippen molar-refractivity contribution in [2.45, 2.75) is 6.92 Å². The predicted molar refractivity (Wildman–Crippen MR) is 79.3 cm³/mol. The van der Waals surface area contributed by atoms with Gasteiger partial charge in [0.15, 0.2) is 0 Å². The van der Waals surface area contributed by atoms with Gasteiger partial charge in [0.2, 0.25) is 0 Å². The smallest absolute Gasteiger partial charge is 0.267 e. The van der Waals surface area contributed by atoms with Gasteiger partial charge in [-0.15, -0.1) is 0 Å².